The summed E-state index contributed by atoms with van der Waals surface area (Å²) in [6, 6.07) is 4.00. The maximum atomic E-state index is 12.1. The van der Waals surface area contributed by atoms with E-state index in [2.05, 4.69) is 28.8 Å². The molecular weight excluding hydrogens is 280 g/mol. The monoisotopic (exact) mass is 298 g/mol. The predicted octanol–water partition coefficient (Wildman–Crippen LogP) is 1.86. The van der Waals surface area contributed by atoms with Crippen molar-refractivity contribution in [2.75, 3.05) is 0 Å². The molecule has 0 aromatic heterocycles. The van der Waals surface area contributed by atoms with Gasteiger partial charge in [0, 0.05) is 6.54 Å². The molecule has 0 amide bonds. The highest BCUT2D eigenvalue weighted by molar-refractivity contribution is 5.81. The van der Waals surface area contributed by atoms with Gasteiger partial charge in [0.05, 0.1) is 11.0 Å². The fourth-order valence-electron chi connectivity index (χ4n) is 2.60. The highest BCUT2D eigenvalue weighted by atomic mass is 16.2. The molecule has 0 saturated heterocycles. The smallest absolute Gasteiger partial charge is 0.322 e. The van der Waals surface area contributed by atoms with Crippen LogP contribution in [0.2, 0.25) is 0 Å². The lowest BCUT2D eigenvalue weighted by molar-refractivity contribution is 0.530. The largest absolute Gasteiger partial charge is 0.349 e. The molecule has 0 radical (unpaired) electrons. The van der Waals surface area contributed by atoms with Crippen molar-refractivity contribution in [3.8, 4) is 11.5 Å². The summed E-state index contributed by atoms with van der Waals surface area (Å²) in [5, 5.41) is 0. The zero-order chi connectivity index (χ0) is 16.0. The Morgan fingerprint density at radius 2 is 1.82 bits per heavy atom. The van der Waals surface area contributed by atoms with Crippen molar-refractivity contribution in [3.63, 3.8) is 0 Å². The highest BCUT2D eigenvalue weighted by Crippen LogP contribution is 2.24. The molecule has 2 aliphatic heterocycles. The predicted molar refractivity (Wildman–Crippen MR) is 85.4 cm³/mol. The molecule has 0 fully saturated rings. The van der Waals surface area contributed by atoms with Crippen LogP contribution in [-0.2, 0) is 6.54 Å². The minimum atomic E-state index is -0.639. The molecule has 0 aliphatic carbocycles. The standard InChI is InChI=1S/C16H18N4O2/c1-8(2)7-20-12-6-10(4)9(3)5-11(12)17-13-14(20)18-16(22)19-15(13)21/h5-6,8H,7H2,1-4H3,(H,19,21,22). The summed E-state index contributed by atoms with van der Waals surface area (Å²) in [4.78, 5) is 34.2. The molecule has 114 valence electrons. The van der Waals surface area contributed by atoms with E-state index in [1.54, 1.807) is 0 Å². The van der Waals surface area contributed by atoms with Gasteiger partial charge in [-0.25, -0.2) is 9.78 Å². The Morgan fingerprint density at radius 3 is 2.50 bits per heavy atom. The van der Waals surface area contributed by atoms with Crippen LogP contribution in [0.1, 0.15) is 25.0 Å². The van der Waals surface area contributed by atoms with E-state index in [-0.39, 0.29) is 5.69 Å². The Labute approximate surface area is 127 Å². The number of fused-ring (bicyclic) bond motifs is 2. The number of aromatic nitrogens is 4. The van der Waals surface area contributed by atoms with Crippen LogP contribution in [-0.4, -0.2) is 19.5 Å². The fourth-order valence-corrected chi connectivity index (χ4v) is 2.60. The van der Waals surface area contributed by atoms with Gasteiger partial charge in [0.15, 0.2) is 11.5 Å². The third-order valence-electron chi connectivity index (χ3n) is 3.77. The summed E-state index contributed by atoms with van der Waals surface area (Å²) in [6.07, 6.45) is 0. The Hall–Kier alpha value is -2.50. The van der Waals surface area contributed by atoms with Crippen LogP contribution < -0.4 is 11.2 Å². The molecule has 0 saturated carbocycles. The molecule has 1 aromatic carbocycles. The summed E-state index contributed by atoms with van der Waals surface area (Å²) in [7, 11) is 0. The van der Waals surface area contributed by atoms with E-state index >= 15 is 0 Å². The van der Waals surface area contributed by atoms with Crippen molar-refractivity contribution in [2.45, 2.75) is 34.2 Å². The molecule has 22 heavy (non-hydrogen) atoms. The molecule has 0 spiro atoms. The van der Waals surface area contributed by atoms with Crippen LogP contribution in [0.25, 0.3) is 22.6 Å². The molecule has 6 nitrogen and oxygen atoms in total. The molecule has 1 aromatic rings. The Bertz CT molecular complexity index is 953. The number of rotatable bonds is 2. The lowest BCUT2D eigenvalue weighted by Crippen LogP contribution is -2.29. The molecule has 2 aliphatic rings. The van der Waals surface area contributed by atoms with Crippen molar-refractivity contribution >= 4 is 11.0 Å². The van der Waals surface area contributed by atoms with Crippen LogP contribution in [0.4, 0.5) is 0 Å². The second kappa shape index (κ2) is 5.05. The maximum absolute atomic E-state index is 12.1. The van der Waals surface area contributed by atoms with Gasteiger partial charge >= 0.3 is 5.69 Å². The number of hydrogen-bond donors (Lipinski definition) is 1. The quantitative estimate of drug-likeness (QED) is 0.732. The van der Waals surface area contributed by atoms with Gasteiger partial charge < -0.3 is 4.57 Å². The normalized spacial score (nSPS) is 11.7. The van der Waals surface area contributed by atoms with Crippen LogP contribution in [0.5, 0.6) is 0 Å². The number of benzene rings is 1. The van der Waals surface area contributed by atoms with E-state index in [4.69, 9.17) is 0 Å². The van der Waals surface area contributed by atoms with Crippen LogP contribution >= 0.6 is 0 Å². The van der Waals surface area contributed by atoms with Gasteiger partial charge in [-0.1, -0.05) is 13.8 Å². The van der Waals surface area contributed by atoms with Crippen molar-refractivity contribution in [3.05, 3.63) is 44.1 Å². The van der Waals surface area contributed by atoms with E-state index in [1.807, 2.05) is 30.5 Å². The fraction of sp³-hybridized carbons (Fsp3) is 0.375. The average molecular weight is 298 g/mol. The lowest BCUT2D eigenvalue weighted by atomic mass is 10.1. The topological polar surface area (TPSA) is 80.6 Å². The first-order valence-corrected chi connectivity index (χ1v) is 7.28. The van der Waals surface area contributed by atoms with Crippen molar-refractivity contribution in [1.82, 2.24) is 19.5 Å². The van der Waals surface area contributed by atoms with Crippen molar-refractivity contribution in [2.24, 2.45) is 5.92 Å². The van der Waals surface area contributed by atoms with Gasteiger partial charge in [0.25, 0.3) is 5.56 Å². The first kappa shape index (κ1) is 14.4. The highest BCUT2D eigenvalue weighted by Gasteiger charge is 2.19. The first-order valence-electron chi connectivity index (χ1n) is 7.28. The van der Waals surface area contributed by atoms with Gasteiger partial charge in [0.2, 0.25) is 0 Å². The van der Waals surface area contributed by atoms with E-state index in [9.17, 15) is 9.59 Å². The number of nitrogens with zero attached hydrogens (tertiary/aromatic N) is 3. The second-order valence-electron chi connectivity index (χ2n) is 6.08. The summed E-state index contributed by atoms with van der Waals surface area (Å²) >= 11 is 0. The maximum Gasteiger partial charge on any atom is 0.349 e. The van der Waals surface area contributed by atoms with Crippen LogP contribution in [0, 0.1) is 19.8 Å². The Balaban J connectivity index is 2.53. The van der Waals surface area contributed by atoms with Gasteiger partial charge in [0.1, 0.15) is 0 Å². The third-order valence-corrected chi connectivity index (χ3v) is 3.77. The average Bonchev–Trinajstić information content (AvgIpc) is 2.41. The first-order chi connectivity index (χ1) is 10.4. The molecule has 0 atom stereocenters. The van der Waals surface area contributed by atoms with Gasteiger partial charge in [-0.3, -0.25) is 9.78 Å². The summed E-state index contributed by atoms with van der Waals surface area (Å²) in [5.74, 6) is 0.690. The summed E-state index contributed by atoms with van der Waals surface area (Å²) in [6.45, 7) is 8.86. The van der Waals surface area contributed by atoms with E-state index in [0.717, 1.165) is 22.2 Å². The second-order valence-corrected chi connectivity index (χ2v) is 6.08. The Morgan fingerprint density at radius 1 is 1.14 bits per heavy atom. The molecule has 2 heterocycles. The summed E-state index contributed by atoms with van der Waals surface area (Å²) in [5.41, 5.74) is 2.95. The SMILES string of the molecule is Cc1cc2nc3c(=O)[nH]c(=O)nc-3n(CC(C)C)c2cc1C. The molecule has 6 heteroatoms. The zero-order valence-corrected chi connectivity index (χ0v) is 13.1. The van der Waals surface area contributed by atoms with E-state index in [1.165, 1.54) is 0 Å². The number of aromatic amines is 1. The van der Waals surface area contributed by atoms with Gasteiger partial charge in [-0.05, 0) is 43.0 Å². The number of hydrogen-bond acceptors (Lipinski definition) is 4. The molecule has 3 rings (SSSR count). The van der Waals surface area contributed by atoms with Gasteiger partial charge in [-0.2, -0.15) is 4.98 Å². The molecule has 0 bridgehead atoms. The molecule has 1 N–H and O–H groups in total. The third kappa shape index (κ3) is 2.30. The van der Waals surface area contributed by atoms with Crippen molar-refractivity contribution < 1.29 is 0 Å². The number of nitrogens with one attached hydrogen (secondary N) is 1. The minimum absolute atomic E-state index is 0.205. The molecular formula is C16H18N4O2. The minimum Gasteiger partial charge on any atom is -0.322 e. The molecule has 0 unspecified atom stereocenters. The van der Waals surface area contributed by atoms with Crippen LogP contribution in [0.3, 0.4) is 0 Å². The van der Waals surface area contributed by atoms with Crippen molar-refractivity contribution in [1.29, 1.82) is 0 Å². The van der Waals surface area contributed by atoms with Crippen LogP contribution in [0.15, 0.2) is 21.7 Å². The number of aryl methyl sites for hydroxylation is 2. The lowest BCUT2D eigenvalue weighted by Gasteiger charge is -2.19. The Kier molecular flexibility index (Phi) is 3.31. The van der Waals surface area contributed by atoms with E-state index < -0.39 is 11.2 Å². The zero-order valence-electron chi connectivity index (χ0n) is 13.1. The van der Waals surface area contributed by atoms with Gasteiger partial charge in [-0.15, -0.1) is 0 Å². The van der Waals surface area contributed by atoms with E-state index in [0.29, 0.717) is 18.3 Å². The summed E-state index contributed by atoms with van der Waals surface area (Å²) < 4.78 is 1.92. The number of H-pyrrole nitrogens is 1.